The zero-order valence-electron chi connectivity index (χ0n) is 27.5. The highest BCUT2D eigenvalue weighted by atomic mass is 35.5. The van der Waals surface area contributed by atoms with E-state index in [2.05, 4.69) is 10.8 Å². The Kier molecular flexibility index (Phi) is 8.39. The number of nitrogens with zero attached hydrogens (tertiary/aromatic N) is 5. The molecule has 266 valence electrons. The number of fused-ring (bicyclic) bond motifs is 4. The summed E-state index contributed by atoms with van der Waals surface area (Å²) in [7, 11) is 0. The lowest BCUT2D eigenvalue weighted by atomic mass is 9.93. The van der Waals surface area contributed by atoms with E-state index >= 15 is 4.39 Å². The number of benzene rings is 3. The number of morpholine rings is 1. The first-order valence-corrected chi connectivity index (χ1v) is 17.3. The molecule has 2 bridgehead atoms. The number of carbonyl (C=O) groups is 1. The van der Waals surface area contributed by atoms with Crippen LogP contribution in [0.4, 0.5) is 23.4 Å². The van der Waals surface area contributed by atoms with Crippen LogP contribution in [-0.2, 0) is 9.53 Å². The molecule has 2 atom stereocenters. The Morgan fingerprint density at radius 1 is 1.12 bits per heavy atom. The number of amides is 1. The first-order chi connectivity index (χ1) is 24.4. The number of hydrogen-bond donors (Lipinski definition) is 1. The van der Waals surface area contributed by atoms with Crippen molar-refractivity contribution in [3.05, 3.63) is 52.8 Å². The lowest BCUT2D eigenvalue weighted by Crippen LogP contribution is -2.59. The molecule has 1 amide bonds. The summed E-state index contributed by atoms with van der Waals surface area (Å²) >= 11 is 7.09. The minimum Gasteiger partial charge on any atom is -0.508 e. The van der Waals surface area contributed by atoms with Crippen LogP contribution in [0.25, 0.3) is 32.8 Å². The van der Waals surface area contributed by atoms with E-state index in [0.717, 1.165) is 37.4 Å². The van der Waals surface area contributed by atoms with E-state index in [-0.39, 0.29) is 63.1 Å². The molecule has 14 heteroatoms. The van der Waals surface area contributed by atoms with Gasteiger partial charge in [-0.2, -0.15) is 23.1 Å². The van der Waals surface area contributed by atoms with Gasteiger partial charge in [-0.05, 0) is 60.9 Å². The van der Waals surface area contributed by atoms with Gasteiger partial charge in [0.15, 0.2) is 0 Å². The van der Waals surface area contributed by atoms with Crippen LogP contribution in [0.3, 0.4) is 0 Å². The Hall–Kier alpha value is -4.38. The summed E-state index contributed by atoms with van der Waals surface area (Å²) < 4.78 is 68.9. The Morgan fingerprint density at radius 2 is 1.84 bits per heavy atom. The summed E-state index contributed by atoms with van der Waals surface area (Å²) in [5.41, 5.74) is 0.784. The molecule has 1 saturated carbocycles. The molecular formula is C37H34ClF4N5O4. The maximum Gasteiger partial charge on any atom is 0.471 e. The molecule has 51 heavy (non-hydrogen) atoms. The average molecular weight is 724 g/mol. The third-order valence-corrected chi connectivity index (χ3v) is 11.0. The van der Waals surface area contributed by atoms with Crippen LogP contribution in [0.1, 0.15) is 31.2 Å². The van der Waals surface area contributed by atoms with Gasteiger partial charge in [-0.15, -0.1) is 6.42 Å². The maximum absolute atomic E-state index is 16.5. The van der Waals surface area contributed by atoms with Crippen LogP contribution in [0.15, 0.2) is 36.4 Å². The normalized spacial score (nSPS) is 21.6. The molecule has 1 aromatic heterocycles. The molecule has 4 heterocycles. The summed E-state index contributed by atoms with van der Waals surface area (Å²) in [6.45, 7) is 4.26. The first kappa shape index (κ1) is 33.7. The number of anilines is 1. The van der Waals surface area contributed by atoms with Gasteiger partial charge in [0.1, 0.15) is 17.4 Å². The quantitative estimate of drug-likeness (QED) is 0.179. The second-order valence-corrected chi connectivity index (χ2v) is 14.4. The summed E-state index contributed by atoms with van der Waals surface area (Å²) in [5.74, 6) is 0.170. The number of terminal acetylenes is 1. The Morgan fingerprint density at radius 3 is 2.51 bits per heavy atom. The van der Waals surface area contributed by atoms with Crippen LogP contribution in [0.2, 0.25) is 5.02 Å². The molecule has 3 saturated heterocycles. The van der Waals surface area contributed by atoms with Crippen molar-refractivity contribution in [1.29, 1.82) is 0 Å². The first-order valence-electron chi connectivity index (χ1n) is 16.9. The number of piperazine rings is 1. The van der Waals surface area contributed by atoms with Gasteiger partial charge < -0.3 is 24.4 Å². The highest BCUT2D eigenvalue weighted by molar-refractivity contribution is 6.38. The Balaban J connectivity index is 1.22. The minimum atomic E-state index is -4.99. The maximum atomic E-state index is 16.5. The Labute approximate surface area is 296 Å². The fourth-order valence-electron chi connectivity index (χ4n) is 7.97. The standard InChI is InChI=1S/C37H34ClF4N5O4/c1-2-21-4-3-5-22-14-25(48)15-26(29(21)22)30-28(39)16-27-32(31(30)38)43-35(51-20-36(8-9-36)19-45-10-12-50-13-11-45)44-33(27)46-17-23-6-7-24(18-46)47(23)34(49)37(40,41)42/h1,3-5,14-16,23-24,48H,6-13,17-20H2. The van der Waals surface area contributed by atoms with Gasteiger partial charge in [-0.25, -0.2) is 4.39 Å². The number of carbonyl (C=O) groups excluding carboxylic acids is 1. The molecule has 0 spiro atoms. The zero-order chi connectivity index (χ0) is 35.7. The molecule has 0 radical (unpaired) electrons. The van der Waals surface area contributed by atoms with E-state index in [1.54, 1.807) is 23.1 Å². The van der Waals surface area contributed by atoms with E-state index in [4.69, 9.17) is 37.5 Å². The van der Waals surface area contributed by atoms with E-state index in [1.165, 1.54) is 18.2 Å². The number of phenolic OH excluding ortho intramolecular Hbond substituents is 1. The lowest BCUT2D eigenvalue weighted by molar-refractivity contribution is -0.188. The molecule has 1 N–H and O–H groups in total. The highest BCUT2D eigenvalue weighted by Crippen LogP contribution is 2.48. The van der Waals surface area contributed by atoms with Gasteiger partial charge in [-0.1, -0.05) is 29.7 Å². The van der Waals surface area contributed by atoms with Crippen molar-refractivity contribution in [1.82, 2.24) is 19.8 Å². The van der Waals surface area contributed by atoms with Gasteiger partial charge in [0.2, 0.25) is 0 Å². The lowest BCUT2D eigenvalue weighted by Gasteiger charge is -2.42. The van der Waals surface area contributed by atoms with Crippen molar-refractivity contribution in [2.45, 2.75) is 43.9 Å². The van der Waals surface area contributed by atoms with Crippen LogP contribution < -0.4 is 9.64 Å². The van der Waals surface area contributed by atoms with Crippen molar-refractivity contribution in [2.24, 2.45) is 5.41 Å². The molecule has 9 nitrogen and oxygen atoms in total. The third kappa shape index (κ3) is 6.17. The highest BCUT2D eigenvalue weighted by Gasteiger charge is 2.52. The number of halogens is 5. The SMILES string of the molecule is C#Cc1cccc2cc(O)cc(-c3c(F)cc4c(N5CC6CCC(C5)N6C(=O)C(F)(F)F)nc(OCC5(CN6CCOCC6)CC5)nc4c3Cl)c12. The van der Waals surface area contributed by atoms with Gasteiger partial charge >= 0.3 is 18.1 Å². The van der Waals surface area contributed by atoms with Crippen molar-refractivity contribution >= 4 is 45.0 Å². The second kappa shape index (κ2) is 12.7. The molecule has 8 rings (SSSR count). The summed E-state index contributed by atoms with van der Waals surface area (Å²) in [5, 5.41) is 11.9. The molecule has 4 fully saturated rings. The van der Waals surface area contributed by atoms with Crippen LogP contribution in [0.5, 0.6) is 11.8 Å². The number of hydrogen-bond acceptors (Lipinski definition) is 8. The molecule has 3 aliphatic heterocycles. The van der Waals surface area contributed by atoms with E-state index in [9.17, 15) is 23.1 Å². The topological polar surface area (TPSA) is 91.3 Å². The van der Waals surface area contributed by atoms with Crippen LogP contribution >= 0.6 is 11.6 Å². The van der Waals surface area contributed by atoms with E-state index in [0.29, 0.717) is 49.0 Å². The average Bonchev–Trinajstić information content (AvgIpc) is 3.82. The molecule has 2 unspecified atom stereocenters. The van der Waals surface area contributed by atoms with E-state index < -0.39 is 30.0 Å². The molecule has 4 aromatic rings. The second-order valence-electron chi connectivity index (χ2n) is 14.0. The summed E-state index contributed by atoms with van der Waals surface area (Å²) in [6.07, 6.45) is 3.53. The molecule has 3 aromatic carbocycles. The predicted molar refractivity (Wildman–Crippen MR) is 183 cm³/mol. The number of aromatic hydroxyl groups is 1. The monoisotopic (exact) mass is 723 g/mol. The van der Waals surface area contributed by atoms with Crippen molar-refractivity contribution in [3.63, 3.8) is 0 Å². The molecule has 1 aliphatic carbocycles. The fraction of sp³-hybridized carbons (Fsp3) is 0.432. The largest absolute Gasteiger partial charge is 0.508 e. The van der Waals surface area contributed by atoms with Crippen molar-refractivity contribution in [3.8, 4) is 35.2 Å². The van der Waals surface area contributed by atoms with Crippen LogP contribution in [-0.4, -0.2) is 102 Å². The van der Waals surface area contributed by atoms with Gasteiger partial charge in [0, 0.05) is 60.0 Å². The van der Waals surface area contributed by atoms with Gasteiger partial charge in [-0.3, -0.25) is 9.69 Å². The molecule has 4 aliphatic rings. The number of aromatic nitrogens is 2. The summed E-state index contributed by atoms with van der Waals surface area (Å²) in [6, 6.07) is 7.95. The number of rotatable bonds is 7. The predicted octanol–water partition coefficient (Wildman–Crippen LogP) is 6.16. The zero-order valence-corrected chi connectivity index (χ0v) is 28.2. The summed E-state index contributed by atoms with van der Waals surface area (Å²) in [4.78, 5) is 26.9. The molecular weight excluding hydrogens is 690 g/mol. The van der Waals surface area contributed by atoms with Crippen molar-refractivity contribution in [2.75, 3.05) is 57.4 Å². The number of phenols is 1. The smallest absolute Gasteiger partial charge is 0.471 e. The van der Waals surface area contributed by atoms with Crippen LogP contribution in [0, 0.1) is 23.6 Å². The van der Waals surface area contributed by atoms with Gasteiger partial charge in [0.25, 0.3) is 0 Å². The third-order valence-electron chi connectivity index (χ3n) is 10.6. The van der Waals surface area contributed by atoms with Crippen molar-refractivity contribution < 1.29 is 36.9 Å². The fourth-order valence-corrected chi connectivity index (χ4v) is 8.31. The number of ether oxygens (including phenoxy) is 2. The number of alkyl halides is 3. The minimum absolute atomic E-state index is 0.00330. The van der Waals surface area contributed by atoms with E-state index in [1.807, 2.05) is 0 Å². The van der Waals surface area contributed by atoms with Gasteiger partial charge in [0.05, 0.1) is 42.4 Å². The Bertz CT molecular complexity index is 2080.